The number of hydrogen-bond acceptors (Lipinski definition) is 3. The van der Waals surface area contributed by atoms with Crippen molar-refractivity contribution in [3.05, 3.63) is 29.6 Å². The van der Waals surface area contributed by atoms with Crippen LogP contribution in [-0.2, 0) is 9.59 Å². The van der Waals surface area contributed by atoms with Gasteiger partial charge in [-0.1, -0.05) is 17.8 Å². The van der Waals surface area contributed by atoms with Crippen molar-refractivity contribution >= 4 is 28.5 Å². The van der Waals surface area contributed by atoms with Gasteiger partial charge in [0.05, 0.1) is 5.69 Å². The average Bonchev–Trinajstić information content (AvgIpc) is 2.68. The standard InChI is InChI=1S/C14H16FNO2S/c1-9-3-4-13(12(15)5-9)16-7-11(6-14(16)18)8-19-10(2)17/h3-5,11H,6-8H2,1-2H3. The van der Waals surface area contributed by atoms with Gasteiger partial charge in [0.15, 0.2) is 5.12 Å². The quantitative estimate of drug-likeness (QED) is 0.855. The van der Waals surface area contributed by atoms with E-state index in [1.54, 1.807) is 12.1 Å². The summed E-state index contributed by atoms with van der Waals surface area (Å²) < 4.78 is 13.9. The Morgan fingerprint density at radius 2 is 2.26 bits per heavy atom. The Morgan fingerprint density at radius 3 is 2.89 bits per heavy atom. The van der Waals surface area contributed by atoms with Crippen LogP contribution in [0.1, 0.15) is 18.9 Å². The molecule has 1 amide bonds. The first-order chi connectivity index (χ1) is 8.97. The molecule has 1 atom stereocenters. The van der Waals surface area contributed by atoms with Gasteiger partial charge in [-0.05, 0) is 30.5 Å². The second-order valence-electron chi connectivity index (χ2n) is 4.83. The second kappa shape index (κ2) is 5.74. The Bertz CT molecular complexity index is 518. The third kappa shape index (κ3) is 3.35. The zero-order valence-electron chi connectivity index (χ0n) is 11.0. The smallest absolute Gasteiger partial charge is 0.227 e. The topological polar surface area (TPSA) is 37.4 Å². The predicted octanol–water partition coefficient (Wildman–Crippen LogP) is 2.77. The van der Waals surface area contributed by atoms with Crippen molar-refractivity contribution in [1.82, 2.24) is 0 Å². The molecule has 2 rings (SSSR count). The number of thioether (sulfide) groups is 1. The molecule has 0 radical (unpaired) electrons. The van der Waals surface area contributed by atoms with Crippen LogP contribution < -0.4 is 4.90 Å². The SMILES string of the molecule is CC(=O)SCC1CC(=O)N(c2ccc(C)cc2F)C1. The molecule has 0 N–H and O–H groups in total. The molecule has 0 spiro atoms. The number of anilines is 1. The lowest BCUT2D eigenvalue weighted by molar-refractivity contribution is -0.117. The fraction of sp³-hybridized carbons (Fsp3) is 0.429. The highest BCUT2D eigenvalue weighted by Crippen LogP contribution is 2.29. The fourth-order valence-corrected chi connectivity index (χ4v) is 2.89. The maximum atomic E-state index is 13.9. The number of benzene rings is 1. The highest BCUT2D eigenvalue weighted by atomic mass is 32.2. The molecule has 19 heavy (non-hydrogen) atoms. The van der Waals surface area contributed by atoms with Crippen LogP contribution in [0, 0.1) is 18.7 Å². The first-order valence-corrected chi connectivity index (χ1v) is 7.16. The Morgan fingerprint density at radius 1 is 1.53 bits per heavy atom. The first kappa shape index (κ1) is 14.1. The molecular weight excluding hydrogens is 265 g/mol. The van der Waals surface area contributed by atoms with Crippen LogP contribution in [0.25, 0.3) is 0 Å². The number of hydrogen-bond donors (Lipinski definition) is 0. The zero-order valence-corrected chi connectivity index (χ0v) is 11.8. The van der Waals surface area contributed by atoms with Crippen LogP contribution in [0.3, 0.4) is 0 Å². The molecule has 1 saturated heterocycles. The van der Waals surface area contributed by atoms with Crippen molar-refractivity contribution in [2.75, 3.05) is 17.2 Å². The van der Waals surface area contributed by atoms with Gasteiger partial charge in [0.1, 0.15) is 5.82 Å². The molecule has 0 bridgehead atoms. The van der Waals surface area contributed by atoms with E-state index < -0.39 is 0 Å². The number of amides is 1. The summed E-state index contributed by atoms with van der Waals surface area (Å²) in [5, 5.41) is 0.0485. The number of aryl methyl sites for hydroxylation is 1. The van der Waals surface area contributed by atoms with Gasteiger partial charge in [-0.2, -0.15) is 0 Å². The third-order valence-electron chi connectivity index (χ3n) is 3.12. The molecular formula is C14H16FNO2S. The van der Waals surface area contributed by atoms with E-state index in [0.29, 0.717) is 24.4 Å². The maximum Gasteiger partial charge on any atom is 0.227 e. The van der Waals surface area contributed by atoms with Gasteiger partial charge < -0.3 is 4.90 Å². The zero-order chi connectivity index (χ0) is 14.0. The minimum Gasteiger partial charge on any atom is -0.309 e. The van der Waals surface area contributed by atoms with Gasteiger partial charge in [0.25, 0.3) is 0 Å². The van der Waals surface area contributed by atoms with Crippen LogP contribution in [0.2, 0.25) is 0 Å². The molecule has 1 heterocycles. The molecule has 1 aromatic rings. The number of carbonyl (C=O) groups is 2. The Hall–Kier alpha value is -1.36. The van der Waals surface area contributed by atoms with Gasteiger partial charge in [-0.25, -0.2) is 4.39 Å². The molecule has 1 aliphatic rings. The van der Waals surface area contributed by atoms with E-state index in [1.165, 1.54) is 29.7 Å². The lowest BCUT2D eigenvalue weighted by atomic mass is 10.1. The molecule has 102 valence electrons. The fourth-order valence-electron chi connectivity index (χ4n) is 2.19. The molecule has 1 aliphatic heterocycles. The number of rotatable bonds is 3. The number of halogens is 1. The lowest BCUT2D eigenvalue weighted by Gasteiger charge is -2.17. The van der Waals surface area contributed by atoms with E-state index in [-0.39, 0.29) is 22.8 Å². The van der Waals surface area contributed by atoms with E-state index in [1.807, 2.05) is 6.92 Å². The maximum absolute atomic E-state index is 13.9. The van der Waals surface area contributed by atoms with Crippen molar-refractivity contribution in [2.45, 2.75) is 20.3 Å². The highest BCUT2D eigenvalue weighted by molar-refractivity contribution is 8.13. The minimum absolute atomic E-state index is 0.0485. The van der Waals surface area contributed by atoms with E-state index in [2.05, 4.69) is 0 Å². The predicted molar refractivity (Wildman–Crippen MR) is 74.7 cm³/mol. The summed E-state index contributed by atoms with van der Waals surface area (Å²) in [6.07, 6.45) is 0.383. The van der Waals surface area contributed by atoms with Gasteiger partial charge in [-0.15, -0.1) is 0 Å². The molecule has 1 fully saturated rings. The van der Waals surface area contributed by atoms with Crippen LogP contribution in [0.15, 0.2) is 18.2 Å². The molecule has 3 nitrogen and oxygen atoms in total. The highest BCUT2D eigenvalue weighted by Gasteiger charge is 2.32. The van der Waals surface area contributed by atoms with E-state index in [4.69, 9.17) is 0 Å². The van der Waals surface area contributed by atoms with Crippen molar-refractivity contribution in [2.24, 2.45) is 5.92 Å². The lowest BCUT2D eigenvalue weighted by Crippen LogP contribution is -2.25. The van der Waals surface area contributed by atoms with Crippen LogP contribution >= 0.6 is 11.8 Å². The first-order valence-electron chi connectivity index (χ1n) is 6.17. The normalized spacial score (nSPS) is 19.0. The van der Waals surface area contributed by atoms with Gasteiger partial charge in [0.2, 0.25) is 5.91 Å². The van der Waals surface area contributed by atoms with Crippen LogP contribution in [0.4, 0.5) is 10.1 Å². The number of nitrogens with zero attached hydrogens (tertiary/aromatic N) is 1. The van der Waals surface area contributed by atoms with Crippen molar-refractivity contribution in [3.63, 3.8) is 0 Å². The van der Waals surface area contributed by atoms with Crippen molar-refractivity contribution < 1.29 is 14.0 Å². The van der Waals surface area contributed by atoms with Crippen molar-refractivity contribution in [3.8, 4) is 0 Å². The Kier molecular flexibility index (Phi) is 4.24. The summed E-state index contributed by atoms with van der Waals surface area (Å²) in [4.78, 5) is 24.3. The molecule has 5 heteroatoms. The Balaban J connectivity index is 2.09. The largest absolute Gasteiger partial charge is 0.309 e. The van der Waals surface area contributed by atoms with Crippen LogP contribution in [0.5, 0.6) is 0 Å². The third-order valence-corrected chi connectivity index (χ3v) is 4.17. The summed E-state index contributed by atoms with van der Waals surface area (Å²) in [6, 6.07) is 4.87. The van der Waals surface area contributed by atoms with Crippen molar-refractivity contribution in [1.29, 1.82) is 0 Å². The summed E-state index contributed by atoms with van der Waals surface area (Å²) in [5.41, 5.74) is 1.17. The van der Waals surface area contributed by atoms with Gasteiger partial charge >= 0.3 is 0 Å². The molecule has 1 unspecified atom stereocenters. The van der Waals surface area contributed by atoms with Crippen LogP contribution in [-0.4, -0.2) is 23.3 Å². The van der Waals surface area contributed by atoms with E-state index in [9.17, 15) is 14.0 Å². The Labute approximate surface area is 116 Å². The summed E-state index contributed by atoms with van der Waals surface area (Å²) in [6.45, 7) is 3.81. The van der Waals surface area contributed by atoms with E-state index in [0.717, 1.165) is 5.56 Å². The summed E-state index contributed by atoms with van der Waals surface area (Å²) >= 11 is 1.22. The van der Waals surface area contributed by atoms with Gasteiger partial charge in [-0.3, -0.25) is 9.59 Å². The minimum atomic E-state index is -0.367. The molecule has 0 aromatic heterocycles. The average molecular weight is 281 g/mol. The van der Waals surface area contributed by atoms with Gasteiger partial charge in [0, 0.05) is 25.6 Å². The summed E-state index contributed by atoms with van der Waals surface area (Å²) in [7, 11) is 0. The second-order valence-corrected chi connectivity index (χ2v) is 6.03. The summed E-state index contributed by atoms with van der Waals surface area (Å²) in [5.74, 6) is 0.289. The number of carbonyl (C=O) groups excluding carboxylic acids is 2. The molecule has 0 saturated carbocycles. The molecule has 0 aliphatic carbocycles. The monoisotopic (exact) mass is 281 g/mol. The van der Waals surface area contributed by atoms with E-state index >= 15 is 0 Å². The molecule has 1 aromatic carbocycles.